The predicted molar refractivity (Wildman–Crippen MR) is 129 cm³/mol. The van der Waals surface area contributed by atoms with E-state index in [1.165, 1.54) is 44.7 Å². The molecule has 2 aromatic rings. The molecule has 34 heavy (non-hydrogen) atoms. The molecular weight excluding hydrogens is 439 g/mol. The predicted octanol–water partition coefficient (Wildman–Crippen LogP) is 7.03. The first kappa shape index (κ1) is 27.5. The van der Waals surface area contributed by atoms with Crippen molar-refractivity contribution in [1.82, 2.24) is 5.32 Å². The summed E-state index contributed by atoms with van der Waals surface area (Å²) in [4.78, 5) is 10.7. The molecule has 184 valence electrons. The highest BCUT2D eigenvalue weighted by Crippen LogP contribution is 2.29. The summed E-state index contributed by atoms with van der Waals surface area (Å²) in [6, 6.07) is 13.3. The number of benzene rings is 2. The summed E-state index contributed by atoms with van der Waals surface area (Å²) in [5.74, 6) is 6.23. The summed E-state index contributed by atoms with van der Waals surface area (Å²) in [6.07, 6.45) is 4.53. The second-order valence-corrected chi connectivity index (χ2v) is 8.36. The molecule has 2 aromatic carbocycles. The van der Waals surface area contributed by atoms with Crippen LogP contribution in [0.3, 0.4) is 0 Å². The Morgan fingerprint density at radius 2 is 1.35 bits per heavy atom. The van der Waals surface area contributed by atoms with Crippen molar-refractivity contribution in [1.29, 1.82) is 0 Å². The number of ether oxygens (including phenoxy) is 1. The second kappa shape index (κ2) is 15.2. The van der Waals surface area contributed by atoms with E-state index in [9.17, 15) is 18.0 Å². The van der Waals surface area contributed by atoms with Gasteiger partial charge in [-0.25, -0.2) is 0 Å². The van der Waals surface area contributed by atoms with Gasteiger partial charge in [0.15, 0.2) is 0 Å². The molecule has 0 heterocycles. The monoisotopic (exact) mass is 473 g/mol. The molecule has 0 fully saturated rings. The zero-order chi connectivity index (χ0) is 24.7. The van der Waals surface area contributed by atoms with Gasteiger partial charge >= 0.3 is 12.1 Å². The van der Waals surface area contributed by atoms with Crippen LogP contribution >= 0.6 is 0 Å². The lowest BCUT2D eigenvalue weighted by molar-refractivity contribution is -0.141. The number of esters is 1. The summed E-state index contributed by atoms with van der Waals surface area (Å²) >= 11 is 0. The minimum absolute atomic E-state index is 0.205. The van der Waals surface area contributed by atoms with Gasteiger partial charge in [-0.3, -0.25) is 4.79 Å². The standard InChI is InChI=1S/C28H34F3NO2/c1-23(33)34-20-10-8-6-4-2-3-5-7-9-11-24-12-14-25(15-13-24)21-32-22-26-16-18-27(19-17-26)28(29,30)31/h12-19,32H,2-8,10,20-22H2,1H3. The molecule has 0 aliphatic rings. The number of unbranched alkanes of at least 4 members (excludes halogenated alkanes) is 7. The van der Waals surface area contributed by atoms with E-state index < -0.39 is 11.7 Å². The van der Waals surface area contributed by atoms with Gasteiger partial charge in [0.05, 0.1) is 12.2 Å². The fourth-order valence-corrected chi connectivity index (χ4v) is 3.45. The molecule has 0 radical (unpaired) electrons. The normalized spacial score (nSPS) is 11.1. The molecule has 0 aromatic heterocycles. The Morgan fingerprint density at radius 3 is 1.91 bits per heavy atom. The lowest BCUT2D eigenvalue weighted by Gasteiger charge is -2.08. The van der Waals surface area contributed by atoms with Crippen LogP contribution in [0.4, 0.5) is 13.2 Å². The molecule has 1 N–H and O–H groups in total. The van der Waals surface area contributed by atoms with E-state index in [1.54, 1.807) is 0 Å². The molecule has 0 saturated heterocycles. The maximum absolute atomic E-state index is 12.6. The molecule has 0 atom stereocenters. The Labute approximate surface area is 201 Å². The van der Waals surface area contributed by atoms with E-state index in [0.717, 1.165) is 54.5 Å². The lowest BCUT2D eigenvalue weighted by Crippen LogP contribution is -2.13. The average molecular weight is 474 g/mol. The van der Waals surface area contributed by atoms with Crippen molar-refractivity contribution >= 4 is 5.97 Å². The van der Waals surface area contributed by atoms with Crippen molar-refractivity contribution in [3.63, 3.8) is 0 Å². The largest absolute Gasteiger partial charge is 0.466 e. The number of hydrogen-bond donors (Lipinski definition) is 1. The number of halogens is 3. The first-order chi connectivity index (χ1) is 16.3. The smallest absolute Gasteiger partial charge is 0.416 e. The highest BCUT2D eigenvalue weighted by molar-refractivity contribution is 5.65. The number of alkyl halides is 3. The first-order valence-corrected chi connectivity index (χ1v) is 11.9. The first-order valence-electron chi connectivity index (χ1n) is 11.9. The van der Waals surface area contributed by atoms with Crippen LogP contribution in [0, 0.1) is 11.8 Å². The van der Waals surface area contributed by atoms with Gasteiger partial charge < -0.3 is 10.1 Å². The molecule has 0 saturated carbocycles. The van der Waals surface area contributed by atoms with Gasteiger partial charge in [-0.15, -0.1) is 0 Å². The Bertz CT molecular complexity index is 910. The quantitative estimate of drug-likeness (QED) is 0.193. The van der Waals surface area contributed by atoms with Crippen LogP contribution in [0.2, 0.25) is 0 Å². The Balaban J connectivity index is 1.55. The zero-order valence-electron chi connectivity index (χ0n) is 19.8. The third-order valence-electron chi connectivity index (χ3n) is 5.38. The van der Waals surface area contributed by atoms with Crippen LogP contribution in [-0.4, -0.2) is 12.6 Å². The van der Waals surface area contributed by atoms with E-state index in [-0.39, 0.29) is 5.97 Å². The highest BCUT2D eigenvalue weighted by atomic mass is 19.4. The van der Waals surface area contributed by atoms with Gasteiger partial charge in [-0.2, -0.15) is 13.2 Å². The van der Waals surface area contributed by atoms with E-state index >= 15 is 0 Å². The van der Waals surface area contributed by atoms with Crippen LogP contribution in [0.15, 0.2) is 48.5 Å². The number of carbonyl (C=O) groups excluding carboxylic acids is 1. The van der Waals surface area contributed by atoms with E-state index in [4.69, 9.17) is 4.74 Å². The summed E-state index contributed by atoms with van der Waals surface area (Å²) in [6.45, 7) is 3.12. The third kappa shape index (κ3) is 11.9. The average Bonchev–Trinajstić information content (AvgIpc) is 2.80. The van der Waals surface area contributed by atoms with Crippen LogP contribution in [0.1, 0.15) is 80.5 Å². The lowest BCUT2D eigenvalue weighted by atomic mass is 10.1. The van der Waals surface area contributed by atoms with Crippen LogP contribution in [-0.2, 0) is 28.8 Å². The van der Waals surface area contributed by atoms with Crippen molar-refractivity contribution < 1.29 is 22.7 Å². The van der Waals surface area contributed by atoms with Crippen molar-refractivity contribution in [2.75, 3.05) is 6.61 Å². The Morgan fingerprint density at radius 1 is 0.824 bits per heavy atom. The van der Waals surface area contributed by atoms with E-state index in [0.29, 0.717) is 19.7 Å². The molecule has 0 bridgehead atoms. The van der Waals surface area contributed by atoms with Crippen LogP contribution in [0.25, 0.3) is 0 Å². The van der Waals surface area contributed by atoms with E-state index in [2.05, 4.69) is 17.2 Å². The van der Waals surface area contributed by atoms with Crippen LogP contribution in [0.5, 0.6) is 0 Å². The molecule has 6 heteroatoms. The molecule has 0 amide bonds. The fourth-order valence-electron chi connectivity index (χ4n) is 3.45. The third-order valence-corrected chi connectivity index (χ3v) is 5.38. The van der Waals surface area contributed by atoms with Gasteiger partial charge in [0, 0.05) is 32.0 Å². The van der Waals surface area contributed by atoms with Gasteiger partial charge in [-0.05, 0) is 48.2 Å². The SMILES string of the molecule is CC(=O)OCCCCCCCCCC#Cc1ccc(CNCc2ccc(C(F)(F)F)cc2)cc1. The Kier molecular flexibility index (Phi) is 12.3. The van der Waals surface area contributed by atoms with E-state index in [1.807, 2.05) is 24.3 Å². The molecule has 0 aliphatic carbocycles. The number of rotatable bonds is 13. The summed E-state index contributed by atoms with van der Waals surface area (Å²) in [5.41, 5.74) is 2.27. The number of nitrogens with one attached hydrogen (secondary N) is 1. The van der Waals surface area contributed by atoms with Crippen LogP contribution < -0.4 is 5.32 Å². The minimum atomic E-state index is -4.30. The molecular formula is C28H34F3NO2. The fraction of sp³-hybridized carbons (Fsp3) is 0.464. The zero-order valence-corrected chi connectivity index (χ0v) is 19.8. The second-order valence-electron chi connectivity index (χ2n) is 8.36. The molecule has 2 rings (SSSR count). The summed E-state index contributed by atoms with van der Waals surface area (Å²) < 4.78 is 42.8. The molecule has 3 nitrogen and oxygen atoms in total. The van der Waals surface area contributed by atoms with Gasteiger partial charge in [0.2, 0.25) is 0 Å². The number of hydrogen-bond acceptors (Lipinski definition) is 3. The van der Waals surface area contributed by atoms with Crippen molar-refractivity contribution in [2.45, 2.75) is 77.6 Å². The molecule has 0 unspecified atom stereocenters. The maximum atomic E-state index is 12.6. The van der Waals surface area contributed by atoms with Gasteiger partial charge in [0.25, 0.3) is 0 Å². The summed E-state index contributed by atoms with van der Waals surface area (Å²) in [5, 5.41) is 3.25. The van der Waals surface area contributed by atoms with Crippen molar-refractivity contribution in [2.24, 2.45) is 0 Å². The van der Waals surface area contributed by atoms with Crippen molar-refractivity contribution in [3.05, 3.63) is 70.8 Å². The van der Waals surface area contributed by atoms with Gasteiger partial charge in [0.1, 0.15) is 0 Å². The molecule has 0 spiro atoms. The molecule has 0 aliphatic heterocycles. The summed E-state index contributed by atoms with van der Waals surface area (Å²) in [7, 11) is 0. The van der Waals surface area contributed by atoms with Gasteiger partial charge in [-0.1, -0.05) is 68.2 Å². The Hall–Kier alpha value is -2.78. The minimum Gasteiger partial charge on any atom is -0.466 e. The number of carbonyl (C=O) groups is 1. The van der Waals surface area contributed by atoms with Crippen molar-refractivity contribution in [3.8, 4) is 11.8 Å². The topological polar surface area (TPSA) is 38.3 Å². The highest BCUT2D eigenvalue weighted by Gasteiger charge is 2.29. The maximum Gasteiger partial charge on any atom is 0.416 e.